The van der Waals surface area contributed by atoms with E-state index in [0.717, 1.165) is 23.3 Å². The number of halogens is 3. The van der Waals surface area contributed by atoms with Gasteiger partial charge in [0.05, 0.1) is 17.7 Å². The lowest BCUT2D eigenvalue weighted by atomic mass is 10.1. The number of amides is 1. The van der Waals surface area contributed by atoms with Crippen LogP contribution in [0.4, 0.5) is 13.2 Å². The molecule has 1 amide bonds. The van der Waals surface area contributed by atoms with Crippen molar-refractivity contribution in [3.63, 3.8) is 0 Å². The molecule has 0 spiro atoms. The fourth-order valence-corrected chi connectivity index (χ4v) is 3.10. The van der Waals surface area contributed by atoms with Gasteiger partial charge in [0, 0.05) is 25.5 Å². The Balaban J connectivity index is 1.62. The average Bonchev–Trinajstić information content (AvgIpc) is 2.77. The van der Waals surface area contributed by atoms with E-state index in [4.69, 9.17) is 4.74 Å². The van der Waals surface area contributed by atoms with E-state index in [1.165, 1.54) is 18.3 Å². The molecule has 2 aromatic carbocycles. The maximum absolute atomic E-state index is 13.0. The van der Waals surface area contributed by atoms with Crippen molar-refractivity contribution in [1.29, 1.82) is 0 Å². The van der Waals surface area contributed by atoms with Crippen molar-refractivity contribution < 1.29 is 22.7 Å². The summed E-state index contributed by atoms with van der Waals surface area (Å²) in [7, 11) is 0. The van der Waals surface area contributed by atoms with Crippen molar-refractivity contribution in [2.45, 2.75) is 26.1 Å². The Bertz CT molecular complexity index is 990. The molecular weight excluding hydrogens is 405 g/mol. The van der Waals surface area contributed by atoms with Crippen molar-refractivity contribution in [2.75, 3.05) is 13.2 Å². The van der Waals surface area contributed by atoms with Gasteiger partial charge in [-0.15, -0.1) is 0 Å². The van der Waals surface area contributed by atoms with E-state index < -0.39 is 11.7 Å². The monoisotopic (exact) mass is 428 g/mol. The normalized spacial score (nSPS) is 11.2. The highest BCUT2D eigenvalue weighted by Gasteiger charge is 2.30. The largest absolute Gasteiger partial charge is 0.494 e. The van der Waals surface area contributed by atoms with Crippen molar-refractivity contribution >= 4 is 5.91 Å². The molecule has 0 aliphatic heterocycles. The number of pyridine rings is 1. The zero-order chi connectivity index (χ0) is 22.3. The number of carbonyl (C=O) groups excluding carboxylic acids is 1. The van der Waals surface area contributed by atoms with Crippen LogP contribution in [0, 0.1) is 6.92 Å². The third-order valence-electron chi connectivity index (χ3n) is 4.84. The van der Waals surface area contributed by atoms with Gasteiger partial charge < -0.3 is 9.64 Å². The Hall–Kier alpha value is -3.35. The van der Waals surface area contributed by atoms with E-state index in [1.54, 1.807) is 23.2 Å². The standard InChI is InChI=1S/C24H23F3N2O2/c1-18-6-2-3-7-20(18)17-29(23(30)19-8-4-13-28-16-19)14-5-15-31-22-11-9-21(10-12-22)24(25,26)27/h2-4,6-13,16H,5,14-15,17H2,1H3. The summed E-state index contributed by atoms with van der Waals surface area (Å²) in [6.45, 7) is 3.15. The molecule has 1 aromatic heterocycles. The SMILES string of the molecule is Cc1ccccc1CN(CCCOc1ccc(C(F)(F)F)cc1)C(=O)c1cccnc1. The molecule has 0 N–H and O–H groups in total. The highest BCUT2D eigenvalue weighted by atomic mass is 19.4. The Morgan fingerprint density at radius 2 is 1.77 bits per heavy atom. The van der Waals surface area contributed by atoms with Gasteiger partial charge in [0.15, 0.2) is 0 Å². The van der Waals surface area contributed by atoms with E-state index >= 15 is 0 Å². The van der Waals surface area contributed by atoms with Crippen LogP contribution >= 0.6 is 0 Å². The number of nitrogens with zero attached hydrogens (tertiary/aromatic N) is 2. The van der Waals surface area contributed by atoms with Crippen LogP contribution in [0.15, 0.2) is 73.1 Å². The number of ether oxygens (including phenoxy) is 1. The van der Waals surface area contributed by atoms with E-state index in [-0.39, 0.29) is 12.5 Å². The van der Waals surface area contributed by atoms with Crippen molar-refractivity contribution in [2.24, 2.45) is 0 Å². The number of aryl methyl sites for hydroxylation is 1. The molecular formula is C24H23F3N2O2. The van der Waals surface area contributed by atoms with Crippen LogP contribution in [0.3, 0.4) is 0 Å². The Morgan fingerprint density at radius 3 is 2.42 bits per heavy atom. The van der Waals surface area contributed by atoms with Gasteiger partial charge in [0.1, 0.15) is 5.75 Å². The summed E-state index contributed by atoms with van der Waals surface area (Å²) in [5, 5.41) is 0. The number of benzene rings is 2. The summed E-state index contributed by atoms with van der Waals surface area (Å²) in [4.78, 5) is 18.7. The van der Waals surface area contributed by atoms with Crippen LogP contribution in [0.2, 0.25) is 0 Å². The number of carbonyl (C=O) groups is 1. The van der Waals surface area contributed by atoms with Crippen molar-refractivity contribution in [3.8, 4) is 5.75 Å². The van der Waals surface area contributed by atoms with Crippen molar-refractivity contribution in [1.82, 2.24) is 9.88 Å². The van der Waals surface area contributed by atoms with Gasteiger partial charge in [-0.1, -0.05) is 24.3 Å². The highest BCUT2D eigenvalue weighted by Crippen LogP contribution is 2.30. The molecule has 4 nitrogen and oxygen atoms in total. The summed E-state index contributed by atoms with van der Waals surface area (Å²) >= 11 is 0. The fraction of sp³-hybridized carbons (Fsp3) is 0.250. The number of hydrogen-bond donors (Lipinski definition) is 0. The third kappa shape index (κ3) is 6.31. The molecule has 0 atom stereocenters. The van der Waals surface area contributed by atoms with Gasteiger partial charge in [-0.25, -0.2) is 0 Å². The molecule has 0 saturated heterocycles. The van der Waals surface area contributed by atoms with E-state index in [2.05, 4.69) is 4.98 Å². The van der Waals surface area contributed by atoms with Gasteiger partial charge in [-0.3, -0.25) is 9.78 Å². The van der Waals surface area contributed by atoms with Gasteiger partial charge in [0.25, 0.3) is 5.91 Å². The molecule has 162 valence electrons. The molecule has 31 heavy (non-hydrogen) atoms. The quantitative estimate of drug-likeness (QED) is 0.444. The molecule has 3 rings (SSSR count). The molecule has 3 aromatic rings. The van der Waals surface area contributed by atoms with Crippen LogP contribution in [-0.2, 0) is 12.7 Å². The van der Waals surface area contributed by atoms with Crippen molar-refractivity contribution in [3.05, 3.63) is 95.3 Å². The smallest absolute Gasteiger partial charge is 0.416 e. The molecule has 0 aliphatic carbocycles. The Kier molecular flexibility index (Phi) is 7.28. The predicted octanol–water partition coefficient (Wildman–Crippen LogP) is 5.52. The molecule has 0 fully saturated rings. The maximum atomic E-state index is 13.0. The maximum Gasteiger partial charge on any atom is 0.416 e. The first kappa shape index (κ1) is 22.3. The molecule has 1 heterocycles. The minimum Gasteiger partial charge on any atom is -0.494 e. The third-order valence-corrected chi connectivity index (χ3v) is 4.84. The summed E-state index contributed by atoms with van der Waals surface area (Å²) in [6, 6.07) is 15.9. The first-order valence-electron chi connectivity index (χ1n) is 9.88. The van der Waals surface area contributed by atoms with Gasteiger partial charge in [-0.05, 0) is 60.9 Å². The molecule has 0 radical (unpaired) electrons. The lowest BCUT2D eigenvalue weighted by Crippen LogP contribution is -2.32. The van der Waals surface area contributed by atoms with Gasteiger partial charge in [0.2, 0.25) is 0 Å². The fourth-order valence-electron chi connectivity index (χ4n) is 3.10. The summed E-state index contributed by atoms with van der Waals surface area (Å²) < 4.78 is 43.5. The number of rotatable bonds is 8. The van der Waals surface area contributed by atoms with E-state index in [9.17, 15) is 18.0 Å². The number of hydrogen-bond acceptors (Lipinski definition) is 3. The van der Waals surface area contributed by atoms with E-state index in [0.29, 0.717) is 30.8 Å². The van der Waals surface area contributed by atoms with Crippen LogP contribution in [0.1, 0.15) is 33.5 Å². The molecule has 0 bridgehead atoms. The van der Waals surface area contributed by atoms with Crippen LogP contribution < -0.4 is 4.74 Å². The predicted molar refractivity (Wildman–Crippen MR) is 112 cm³/mol. The Labute approximate surface area is 179 Å². The number of alkyl halides is 3. The average molecular weight is 428 g/mol. The molecule has 0 unspecified atom stereocenters. The second-order valence-electron chi connectivity index (χ2n) is 7.12. The minimum atomic E-state index is -4.37. The van der Waals surface area contributed by atoms with Gasteiger partial charge in [-0.2, -0.15) is 13.2 Å². The topological polar surface area (TPSA) is 42.4 Å². The zero-order valence-electron chi connectivity index (χ0n) is 17.1. The first-order valence-corrected chi connectivity index (χ1v) is 9.88. The lowest BCUT2D eigenvalue weighted by Gasteiger charge is -2.24. The van der Waals surface area contributed by atoms with Crippen LogP contribution in [-0.4, -0.2) is 28.9 Å². The zero-order valence-corrected chi connectivity index (χ0v) is 17.1. The Morgan fingerprint density at radius 1 is 1.03 bits per heavy atom. The molecule has 0 saturated carbocycles. The second kappa shape index (κ2) is 10.1. The summed E-state index contributed by atoms with van der Waals surface area (Å²) in [6.07, 6.45) is -0.702. The minimum absolute atomic E-state index is 0.133. The van der Waals surface area contributed by atoms with Crippen LogP contribution in [0.25, 0.3) is 0 Å². The highest BCUT2D eigenvalue weighted by molar-refractivity contribution is 5.93. The first-order chi connectivity index (χ1) is 14.8. The summed E-state index contributed by atoms with van der Waals surface area (Å²) in [5.41, 5.74) is 1.92. The lowest BCUT2D eigenvalue weighted by molar-refractivity contribution is -0.137. The van der Waals surface area contributed by atoms with E-state index in [1.807, 2.05) is 31.2 Å². The van der Waals surface area contributed by atoms with Crippen LogP contribution in [0.5, 0.6) is 5.75 Å². The number of aromatic nitrogens is 1. The second-order valence-corrected chi connectivity index (χ2v) is 7.12. The molecule has 0 aliphatic rings. The summed E-state index contributed by atoms with van der Waals surface area (Å²) in [5.74, 6) is 0.225. The van der Waals surface area contributed by atoms with Gasteiger partial charge >= 0.3 is 6.18 Å². The molecule has 7 heteroatoms.